The van der Waals surface area contributed by atoms with Crippen molar-refractivity contribution in [3.63, 3.8) is 0 Å². The molecule has 2 aromatic heterocycles. The molecule has 1 aliphatic heterocycles. The SMILES string of the molecule is NS(=O)(=O)N1CC(CNc2cc(C(F)(F)F)nc3ccc(Cl)cc23)(c2ncccc2F)C1. The van der Waals surface area contributed by atoms with Crippen molar-refractivity contribution in [1.82, 2.24) is 14.3 Å². The third-order valence-corrected chi connectivity index (χ3v) is 6.47. The summed E-state index contributed by atoms with van der Waals surface area (Å²) >= 11 is 6.01. The molecule has 1 saturated heterocycles. The number of anilines is 1. The molecule has 1 aliphatic rings. The van der Waals surface area contributed by atoms with Crippen LogP contribution in [-0.2, 0) is 21.8 Å². The zero-order valence-corrected chi connectivity index (χ0v) is 17.8. The molecule has 0 unspecified atom stereocenters. The highest BCUT2D eigenvalue weighted by Gasteiger charge is 2.50. The molecule has 32 heavy (non-hydrogen) atoms. The van der Waals surface area contributed by atoms with Crippen LogP contribution in [0.3, 0.4) is 0 Å². The second kappa shape index (κ2) is 7.80. The summed E-state index contributed by atoms with van der Waals surface area (Å²) in [5.41, 5.74) is -2.16. The van der Waals surface area contributed by atoms with Crippen molar-refractivity contribution < 1.29 is 26.0 Å². The van der Waals surface area contributed by atoms with Crippen LogP contribution in [0.25, 0.3) is 10.9 Å². The van der Waals surface area contributed by atoms with Crippen LogP contribution in [0.4, 0.5) is 23.2 Å². The lowest BCUT2D eigenvalue weighted by Gasteiger charge is -2.48. The Morgan fingerprint density at radius 1 is 1.22 bits per heavy atom. The number of alkyl halides is 3. The number of hydrogen-bond acceptors (Lipinski definition) is 5. The molecule has 0 radical (unpaired) electrons. The van der Waals surface area contributed by atoms with Gasteiger partial charge in [-0.25, -0.2) is 14.5 Å². The maximum absolute atomic E-state index is 14.5. The highest BCUT2D eigenvalue weighted by atomic mass is 35.5. The zero-order valence-electron chi connectivity index (χ0n) is 16.2. The van der Waals surface area contributed by atoms with Crippen LogP contribution in [-0.4, -0.2) is 42.3 Å². The third-order valence-electron chi connectivity index (χ3n) is 5.26. The molecular formula is C19H16ClF4N5O2S. The number of pyridine rings is 2. The van der Waals surface area contributed by atoms with E-state index >= 15 is 0 Å². The largest absolute Gasteiger partial charge is 0.433 e. The fourth-order valence-corrected chi connectivity index (χ4v) is 4.71. The lowest BCUT2D eigenvalue weighted by Crippen LogP contribution is -2.65. The number of rotatable bonds is 5. The number of fused-ring (bicyclic) bond motifs is 1. The summed E-state index contributed by atoms with van der Waals surface area (Å²) in [6.45, 7) is -0.499. The van der Waals surface area contributed by atoms with Crippen LogP contribution in [0.1, 0.15) is 11.4 Å². The highest BCUT2D eigenvalue weighted by molar-refractivity contribution is 7.86. The maximum Gasteiger partial charge on any atom is 0.433 e. The molecule has 0 spiro atoms. The Morgan fingerprint density at radius 3 is 2.56 bits per heavy atom. The molecular weight excluding hydrogens is 474 g/mol. The minimum absolute atomic E-state index is 0.0140. The van der Waals surface area contributed by atoms with Gasteiger partial charge in [0.15, 0.2) is 0 Å². The minimum Gasteiger partial charge on any atom is -0.383 e. The van der Waals surface area contributed by atoms with Crippen molar-refractivity contribution in [2.45, 2.75) is 11.6 Å². The number of nitrogens with one attached hydrogen (secondary N) is 1. The fourth-order valence-electron chi connectivity index (χ4n) is 3.68. The first-order valence-corrected chi connectivity index (χ1v) is 11.1. The van der Waals surface area contributed by atoms with Crippen molar-refractivity contribution in [2.24, 2.45) is 5.14 Å². The van der Waals surface area contributed by atoms with Gasteiger partial charge in [0.25, 0.3) is 10.2 Å². The molecule has 0 saturated carbocycles. The summed E-state index contributed by atoms with van der Waals surface area (Å²) in [5.74, 6) is -0.665. The van der Waals surface area contributed by atoms with E-state index in [0.717, 1.165) is 10.4 Å². The molecule has 0 amide bonds. The average molecular weight is 490 g/mol. The second-order valence-corrected chi connectivity index (χ2v) is 9.48. The molecule has 4 rings (SSSR count). The van der Waals surface area contributed by atoms with Crippen LogP contribution in [0.5, 0.6) is 0 Å². The quantitative estimate of drug-likeness (QED) is 0.535. The monoisotopic (exact) mass is 489 g/mol. The smallest absolute Gasteiger partial charge is 0.383 e. The zero-order chi connectivity index (χ0) is 23.3. The van der Waals surface area contributed by atoms with Crippen molar-refractivity contribution in [2.75, 3.05) is 25.0 Å². The van der Waals surface area contributed by atoms with Gasteiger partial charge < -0.3 is 5.32 Å². The molecule has 0 atom stereocenters. The lowest BCUT2D eigenvalue weighted by atomic mass is 9.77. The van der Waals surface area contributed by atoms with E-state index in [0.29, 0.717) is 5.39 Å². The Morgan fingerprint density at radius 2 is 1.94 bits per heavy atom. The van der Waals surface area contributed by atoms with E-state index in [-0.39, 0.29) is 41.6 Å². The van der Waals surface area contributed by atoms with Gasteiger partial charge in [-0.1, -0.05) is 11.6 Å². The average Bonchev–Trinajstić information content (AvgIpc) is 2.66. The molecule has 1 fully saturated rings. The molecule has 3 heterocycles. The van der Waals surface area contributed by atoms with Gasteiger partial charge in [-0.2, -0.15) is 25.9 Å². The van der Waals surface area contributed by atoms with Crippen LogP contribution in [0.15, 0.2) is 42.6 Å². The molecule has 0 bridgehead atoms. The van der Waals surface area contributed by atoms with E-state index in [1.165, 1.54) is 36.5 Å². The van der Waals surface area contributed by atoms with Gasteiger partial charge in [-0.3, -0.25) is 4.98 Å². The number of halogens is 5. The maximum atomic E-state index is 14.5. The normalized spacial score (nSPS) is 16.7. The minimum atomic E-state index is -4.70. The first kappa shape index (κ1) is 22.6. The molecule has 1 aromatic carbocycles. The predicted molar refractivity (Wildman–Crippen MR) is 111 cm³/mol. The highest BCUT2D eigenvalue weighted by Crippen LogP contribution is 2.38. The van der Waals surface area contributed by atoms with E-state index in [1.807, 2.05) is 0 Å². The summed E-state index contributed by atoms with van der Waals surface area (Å²) in [4.78, 5) is 7.69. The Hall–Kier alpha value is -2.54. The van der Waals surface area contributed by atoms with E-state index in [2.05, 4.69) is 15.3 Å². The fraction of sp³-hybridized carbons (Fsp3) is 0.263. The molecule has 170 valence electrons. The van der Waals surface area contributed by atoms with Gasteiger partial charge in [0.2, 0.25) is 0 Å². The molecule has 7 nitrogen and oxygen atoms in total. The van der Waals surface area contributed by atoms with Gasteiger partial charge in [0, 0.05) is 41.9 Å². The van der Waals surface area contributed by atoms with Gasteiger partial charge in [0.1, 0.15) is 11.5 Å². The number of nitrogens with two attached hydrogens (primary N) is 1. The second-order valence-electron chi connectivity index (χ2n) is 7.50. The van der Waals surface area contributed by atoms with Crippen molar-refractivity contribution in [1.29, 1.82) is 0 Å². The standard InChI is InChI=1S/C19H16ClF4N5O2S/c20-11-3-4-14-12(6-11)15(7-16(28-14)19(22,23)24)27-8-18(9-29(10-18)32(25,30)31)17-13(21)2-1-5-26-17/h1-7H,8-10H2,(H,27,28)(H2,25,30,31). The Bertz CT molecular complexity index is 1300. The van der Waals surface area contributed by atoms with Gasteiger partial charge in [0.05, 0.1) is 16.6 Å². The first-order chi connectivity index (χ1) is 14.9. The van der Waals surface area contributed by atoms with E-state index < -0.39 is 33.3 Å². The van der Waals surface area contributed by atoms with Crippen LogP contribution >= 0.6 is 11.6 Å². The summed E-state index contributed by atoms with van der Waals surface area (Å²) in [6, 6.07) is 7.62. The number of aromatic nitrogens is 2. The number of nitrogens with zero attached hydrogens (tertiary/aromatic N) is 3. The molecule has 0 aliphatic carbocycles. The van der Waals surface area contributed by atoms with Gasteiger partial charge in [-0.15, -0.1) is 0 Å². The van der Waals surface area contributed by atoms with Crippen molar-refractivity contribution in [3.05, 3.63) is 64.8 Å². The summed E-state index contributed by atoms with van der Waals surface area (Å²) in [7, 11) is -4.03. The Labute approximate surface area is 185 Å². The summed E-state index contributed by atoms with van der Waals surface area (Å²) in [6.07, 6.45) is -3.35. The Kier molecular flexibility index (Phi) is 5.52. The third kappa shape index (κ3) is 4.22. The molecule has 3 N–H and O–H groups in total. The van der Waals surface area contributed by atoms with Crippen molar-refractivity contribution in [3.8, 4) is 0 Å². The summed E-state index contributed by atoms with van der Waals surface area (Å²) < 4.78 is 78.9. The van der Waals surface area contributed by atoms with E-state index in [1.54, 1.807) is 0 Å². The van der Waals surface area contributed by atoms with Crippen LogP contribution < -0.4 is 10.5 Å². The van der Waals surface area contributed by atoms with Gasteiger partial charge >= 0.3 is 6.18 Å². The Balaban J connectivity index is 1.74. The van der Waals surface area contributed by atoms with E-state index in [4.69, 9.17) is 16.7 Å². The van der Waals surface area contributed by atoms with E-state index in [9.17, 15) is 26.0 Å². The van der Waals surface area contributed by atoms with Gasteiger partial charge in [-0.05, 0) is 36.4 Å². The summed E-state index contributed by atoms with van der Waals surface area (Å²) in [5, 5.41) is 8.67. The number of hydrogen-bond donors (Lipinski definition) is 2. The topological polar surface area (TPSA) is 101 Å². The van der Waals surface area contributed by atoms with Crippen molar-refractivity contribution >= 4 is 38.4 Å². The first-order valence-electron chi connectivity index (χ1n) is 9.19. The van der Waals surface area contributed by atoms with Crippen LogP contribution in [0.2, 0.25) is 5.02 Å². The lowest BCUT2D eigenvalue weighted by molar-refractivity contribution is -0.140. The molecule has 3 aromatic rings. The number of benzene rings is 1. The molecule has 13 heteroatoms. The predicted octanol–water partition coefficient (Wildman–Crippen LogP) is 3.31. The van der Waals surface area contributed by atoms with Crippen LogP contribution in [0, 0.1) is 5.82 Å².